The van der Waals surface area contributed by atoms with Gasteiger partial charge in [-0.2, -0.15) is 0 Å². The van der Waals surface area contributed by atoms with Crippen LogP contribution in [0.3, 0.4) is 0 Å². The van der Waals surface area contributed by atoms with Crippen LogP contribution in [0.1, 0.15) is 120 Å². The van der Waals surface area contributed by atoms with Gasteiger partial charge in [-0.25, -0.2) is 9.97 Å². The minimum Gasteiger partial charge on any atom is -0.357 e. The zero-order valence-electron chi connectivity index (χ0n) is 31.6. The number of piperidine rings is 2. The quantitative estimate of drug-likeness (QED) is 0.333. The Kier molecular flexibility index (Phi) is 9.45. The second kappa shape index (κ2) is 12.4. The van der Waals surface area contributed by atoms with Crippen molar-refractivity contribution in [2.24, 2.45) is 10.8 Å². The molecule has 2 spiro atoms. The first-order valence-corrected chi connectivity index (χ1v) is 18.1. The first kappa shape index (κ1) is 35.1. The van der Waals surface area contributed by atoms with E-state index in [0.29, 0.717) is 21.9 Å². The molecule has 0 saturated carbocycles. The van der Waals surface area contributed by atoms with Gasteiger partial charge in [0.2, 0.25) is 0 Å². The van der Waals surface area contributed by atoms with Gasteiger partial charge in [-0.3, -0.25) is 9.80 Å². The number of hydrogen-bond donors (Lipinski definition) is 0. The minimum absolute atomic E-state index is 0.179. The first-order valence-electron chi connectivity index (χ1n) is 18.1. The van der Waals surface area contributed by atoms with Crippen molar-refractivity contribution in [2.75, 3.05) is 62.2 Å². The molecule has 0 aliphatic carbocycles. The van der Waals surface area contributed by atoms with Crippen molar-refractivity contribution < 1.29 is 0 Å². The predicted molar refractivity (Wildman–Crippen MR) is 196 cm³/mol. The fourth-order valence-corrected chi connectivity index (χ4v) is 7.76. The molecule has 0 radical (unpaired) electrons. The molecule has 2 aromatic rings. The lowest BCUT2D eigenvalue weighted by atomic mass is 9.70. The van der Waals surface area contributed by atoms with Gasteiger partial charge >= 0.3 is 0 Å². The summed E-state index contributed by atoms with van der Waals surface area (Å²) < 4.78 is 0. The van der Waals surface area contributed by atoms with Crippen molar-refractivity contribution in [3.63, 3.8) is 0 Å². The van der Waals surface area contributed by atoms with Crippen LogP contribution in [0.2, 0.25) is 0 Å². The van der Waals surface area contributed by atoms with E-state index in [9.17, 15) is 0 Å². The van der Waals surface area contributed by atoms with E-state index in [1.165, 1.54) is 76.1 Å². The number of pyridine rings is 2. The zero-order valence-corrected chi connectivity index (χ0v) is 31.6. The standard InChI is InChI=1S/C22H37N3.C18H29N3/c1-20(2,3)18-7-8-19(23-17-18)24-13-9-22(10-14-24)11-15-25(16-12-22)21(4,5)6;1-16(2,3)14-7-8-15(19-9-14)20-10-18(11-20)12-21(13-18)17(4,5)6/h7-8,17H,9-16H2,1-6H3;7-9H,10-13H2,1-6H3. The van der Waals surface area contributed by atoms with Gasteiger partial charge in [0.15, 0.2) is 0 Å². The maximum absolute atomic E-state index is 4.76. The average molecular weight is 631 g/mol. The number of hydrogen-bond acceptors (Lipinski definition) is 6. The van der Waals surface area contributed by atoms with Crippen LogP contribution in [0.5, 0.6) is 0 Å². The Hall–Kier alpha value is -2.18. The number of rotatable bonds is 2. The summed E-state index contributed by atoms with van der Waals surface area (Å²) in [6.07, 6.45) is 9.51. The summed E-state index contributed by atoms with van der Waals surface area (Å²) in [5, 5.41) is 0. The van der Waals surface area contributed by atoms with Crippen molar-refractivity contribution in [3.05, 3.63) is 47.8 Å². The summed E-state index contributed by atoms with van der Waals surface area (Å²) in [6.45, 7) is 37.1. The average Bonchev–Trinajstić information content (AvgIpc) is 2.91. The van der Waals surface area contributed by atoms with Gasteiger partial charge in [0.05, 0.1) is 0 Å². The maximum Gasteiger partial charge on any atom is 0.128 e. The molecule has 4 saturated heterocycles. The molecule has 46 heavy (non-hydrogen) atoms. The van der Waals surface area contributed by atoms with E-state index < -0.39 is 0 Å². The third kappa shape index (κ3) is 7.92. The summed E-state index contributed by atoms with van der Waals surface area (Å²) in [5.41, 5.74) is 4.76. The zero-order chi connectivity index (χ0) is 33.8. The second-order valence-electron chi connectivity index (χ2n) is 19.3. The Labute approximate surface area is 282 Å². The first-order chi connectivity index (χ1) is 21.2. The molecule has 4 aliphatic rings. The number of likely N-dealkylation sites (tertiary alicyclic amines) is 2. The van der Waals surface area contributed by atoms with Crippen LogP contribution in [0.25, 0.3) is 0 Å². The van der Waals surface area contributed by atoms with Crippen LogP contribution >= 0.6 is 0 Å². The molecule has 4 aliphatic heterocycles. The summed E-state index contributed by atoms with van der Waals surface area (Å²) in [6, 6.07) is 8.90. The second-order valence-corrected chi connectivity index (χ2v) is 19.3. The number of anilines is 2. The molecule has 256 valence electrons. The highest BCUT2D eigenvalue weighted by atomic mass is 15.4. The molecular weight excluding hydrogens is 564 g/mol. The largest absolute Gasteiger partial charge is 0.357 e. The van der Waals surface area contributed by atoms with E-state index in [4.69, 9.17) is 4.98 Å². The molecule has 0 unspecified atom stereocenters. The van der Waals surface area contributed by atoms with Crippen molar-refractivity contribution in [1.29, 1.82) is 0 Å². The third-order valence-electron chi connectivity index (χ3n) is 11.5. The Morgan fingerprint density at radius 3 is 1.26 bits per heavy atom. The number of aromatic nitrogens is 2. The Bertz CT molecular complexity index is 1270. The molecule has 6 heterocycles. The van der Waals surface area contributed by atoms with Gasteiger partial charge < -0.3 is 9.80 Å². The third-order valence-corrected chi connectivity index (χ3v) is 11.5. The molecule has 0 N–H and O–H groups in total. The summed E-state index contributed by atoms with van der Waals surface area (Å²) in [5.74, 6) is 2.30. The van der Waals surface area contributed by atoms with Gasteiger partial charge in [0, 0.05) is 68.2 Å². The summed E-state index contributed by atoms with van der Waals surface area (Å²) >= 11 is 0. The molecule has 0 atom stereocenters. The normalized spacial score (nSPS) is 22.3. The predicted octanol–water partition coefficient (Wildman–Crippen LogP) is 8.16. The highest BCUT2D eigenvalue weighted by molar-refractivity contribution is 5.46. The monoisotopic (exact) mass is 631 g/mol. The Balaban J connectivity index is 0.000000184. The lowest BCUT2D eigenvalue weighted by molar-refractivity contribution is -0.0745. The van der Waals surface area contributed by atoms with Crippen LogP contribution in [0.4, 0.5) is 11.6 Å². The maximum atomic E-state index is 4.76. The topological polar surface area (TPSA) is 38.7 Å². The molecule has 0 bridgehead atoms. The van der Waals surface area contributed by atoms with E-state index in [0.717, 1.165) is 24.7 Å². The molecular formula is C40H66N6. The van der Waals surface area contributed by atoms with Crippen molar-refractivity contribution >= 4 is 11.6 Å². The Morgan fingerprint density at radius 1 is 0.478 bits per heavy atom. The fraction of sp³-hybridized carbons (Fsp3) is 0.750. The van der Waals surface area contributed by atoms with Crippen LogP contribution in [-0.2, 0) is 10.8 Å². The van der Waals surface area contributed by atoms with Gasteiger partial charge in [-0.1, -0.05) is 53.7 Å². The lowest BCUT2D eigenvalue weighted by Gasteiger charge is -2.63. The number of nitrogens with zero attached hydrogens (tertiary/aromatic N) is 6. The molecule has 4 fully saturated rings. The van der Waals surface area contributed by atoms with E-state index in [1.54, 1.807) is 0 Å². The molecule has 6 heteroatoms. The van der Waals surface area contributed by atoms with Gasteiger partial charge in [-0.05, 0) is 120 Å². The molecule has 0 aromatic carbocycles. The van der Waals surface area contributed by atoms with Gasteiger partial charge in [0.25, 0.3) is 0 Å². The lowest BCUT2D eigenvalue weighted by Crippen LogP contribution is -2.75. The summed E-state index contributed by atoms with van der Waals surface area (Å²) in [4.78, 5) is 19.6. The van der Waals surface area contributed by atoms with E-state index in [1.807, 2.05) is 6.20 Å². The molecule has 2 aromatic heterocycles. The van der Waals surface area contributed by atoms with Crippen LogP contribution in [0.15, 0.2) is 36.7 Å². The Morgan fingerprint density at radius 2 is 0.891 bits per heavy atom. The van der Waals surface area contributed by atoms with Crippen molar-refractivity contribution in [2.45, 2.75) is 131 Å². The van der Waals surface area contributed by atoms with Crippen LogP contribution in [-0.4, -0.2) is 83.2 Å². The van der Waals surface area contributed by atoms with E-state index in [2.05, 4.69) is 138 Å². The van der Waals surface area contributed by atoms with E-state index >= 15 is 0 Å². The fourth-order valence-electron chi connectivity index (χ4n) is 7.76. The van der Waals surface area contributed by atoms with Crippen molar-refractivity contribution in [3.8, 4) is 0 Å². The van der Waals surface area contributed by atoms with Gasteiger partial charge in [-0.15, -0.1) is 0 Å². The van der Waals surface area contributed by atoms with Gasteiger partial charge in [0.1, 0.15) is 11.6 Å². The van der Waals surface area contributed by atoms with Crippen molar-refractivity contribution in [1.82, 2.24) is 19.8 Å². The molecule has 0 amide bonds. The minimum atomic E-state index is 0.179. The summed E-state index contributed by atoms with van der Waals surface area (Å²) in [7, 11) is 0. The van der Waals surface area contributed by atoms with Crippen LogP contribution < -0.4 is 9.80 Å². The highest BCUT2D eigenvalue weighted by Gasteiger charge is 2.54. The highest BCUT2D eigenvalue weighted by Crippen LogP contribution is 2.45. The molecule has 6 rings (SSSR count). The SMILES string of the molecule is CC(C)(C)c1ccc(N2CC3(C2)CN(C(C)(C)C)C3)nc1.CC(C)(C)c1ccc(N2CCC3(CC2)CCN(C(C)(C)C)CC3)nc1. The van der Waals surface area contributed by atoms with E-state index in [-0.39, 0.29) is 10.8 Å². The van der Waals surface area contributed by atoms with Crippen LogP contribution in [0, 0.1) is 10.8 Å². The molecule has 6 nitrogen and oxygen atoms in total. The smallest absolute Gasteiger partial charge is 0.128 e.